The van der Waals surface area contributed by atoms with Crippen LogP contribution in [-0.4, -0.2) is 25.0 Å². The number of nitrogens with zero attached hydrogens (tertiary/aromatic N) is 1. The quantitative estimate of drug-likeness (QED) is 0.471. The lowest BCUT2D eigenvalue weighted by molar-refractivity contribution is 0.313. The second-order valence-corrected chi connectivity index (χ2v) is 2.55. The molecule has 1 saturated heterocycles. The van der Waals surface area contributed by atoms with Gasteiger partial charge in [0.15, 0.2) is 0 Å². The fourth-order valence-electron chi connectivity index (χ4n) is 0.935. The number of likely N-dealkylation sites (tertiary alicyclic amines) is 1. The van der Waals surface area contributed by atoms with Gasteiger partial charge in [-0.25, -0.2) is 0 Å². The zero-order valence-electron chi connectivity index (χ0n) is 6.24. The molecule has 1 nitrogen and oxygen atoms in total. The highest BCUT2D eigenvalue weighted by molar-refractivity contribution is 15.0. The summed E-state index contributed by atoms with van der Waals surface area (Å²) in [5, 5.41) is 0. The Kier molecular flexibility index (Phi) is 7.64. The van der Waals surface area contributed by atoms with E-state index in [1.807, 2.05) is 0 Å². The Morgan fingerprint density at radius 2 is 1.70 bits per heavy atom. The molecule has 60 valence electrons. The van der Waals surface area contributed by atoms with E-state index < -0.39 is 0 Å². The molecular weight excluding hydrogens is 352 g/mol. The Balaban J connectivity index is 0.000000371. The molecule has 0 atom stereocenters. The van der Waals surface area contributed by atoms with Gasteiger partial charge >= 0.3 is 0 Å². The van der Waals surface area contributed by atoms with Crippen LogP contribution in [0.5, 0.6) is 0 Å². The van der Waals surface area contributed by atoms with E-state index in [4.69, 9.17) is 0 Å². The molecule has 0 aliphatic carbocycles. The monoisotopic (exact) mass is 365 g/mol. The summed E-state index contributed by atoms with van der Waals surface area (Å²) in [7, 11) is 2.16. The largest absolute Gasteiger partial charge is 0.306 e. The van der Waals surface area contributed by atoms with E-state index in [1.54, 1.807) is 0 Å². The maximum absolute atomic E-state index is 3.92. The molecule has 0 aromatic heterocycles. The van der Waals surface area contributed by atoms with Crippen molar-refractivity contribution in [2.75, 3.05) is 20.1 Å². The summed E-state index contributed by atoms with van der Waals surface area (Å²) in [6, 6.07) is 0. The Labute approximate surface area is 86.6 Å². The third-order valence-corrected chi connectivity index (χ3v) is 1.69. The van der Waals surface area contributed by atoms with Crippen molar-refractivity contribution in [3.8, 4) is 0 Å². The van der Waals surface area contributed by atoms with Crippen LogP contribution in [-0.2, 0) is 0 Å². The van der Waals surface area contributed by atoms with Gasteiger partial charge in [0.1, 0.15) is 0 Å². The average Bonchev–Trinajstić information content (AvgIpc) is 2.00. The van der Waals surface area contributed by atoms with Gasteiger partial charge in [-0.05, 0) is 19.9 Å². The first-order chi connectivity index (χ1) is 4.79. The van der Waals surface area contributed by atoms with Gasteiger partial charge in [0.05, 0.1) is 0 Å². The summed E-state index contributed by atoms with van der Waals surface area (Å²) in [6.45, 7) is 6.34. The zero-order chi connectivity index (χ0) is 7.98. The maximum Gasteiger partial charge on any atom is 0.00156 e. The molecule has 1 aliphatic rings. The molecule has 0 N–H and O–H groups in total. The summed E-state index contributed by atoms with van der Waals surface area (Å²) in [5.74, 6) is 0. The molecule has 3 heteroatoms. The first-order valence-electron chi connectivity index (χ1n) is 3.28. The van der Waals surface area contributed by atoms with Crippen molar-refractivity contribution in [2.45, 2.75) is 12.8 Å². The lowest BCUT2D eigenvalue weighted by Crippen LogP contribution is -2.25. The summed E-state index contributed by atoms with van der Waals surface area (Å²) in [6.07, 6.45) is 2.41. The van der Waals surface area contributed by atoms with Crippen molar-refractivity contribution in [3.05, 3.63) is 12.2 Å². The molecule has 1 heterocycles. The van der Waals surface area contributed by atoms with Gasteiger partial charge in [0, 0.05) is 50.3 Å². The predicted molar refractivity (Wildman–Crippen MR) is 63.9 cm³/mol. The molecule has 0 aromatic carbocycles. The standard InChI is InChI=1S/C7H13N.I2/c1-7-3-5-8(2)6-4-7;1-2/h1,3-6H2,2H3;. The van der Waals surface area contributed by atoms with Gasteiger partial charge in [-0.3, -0.25) is 0 Å². The van der Waals surface area contributed by atoms with Crippen molar-refractivity contribution < 1.29 is 0 Å². The van der Waals surface area contributed by atoms with E-state index in [1.165, 1.54) is 31.5 Å². The fourth-order valence-corrected chi connectivity index (χ4v) is 0.935. The molecule has 0 radical (unpaired) electrons. The summed E-state index contributed by atoms with van der Waals surface area (Å²) in [5.41, 5.74) is 1.42. The lowest BCUT2D eigenvalue weighted by Gasteiger charge is -2.22. The number of hydrogen-bond acceptors (Lipinski definition) is 1. The molecule has 1 aliphatic heterocycles. The minimum atomic E-state index is 1.20. The maximum atomic E-state index is 3.92. The topological polar surface area (TPSA) is 3.24 Å². The summed E-state index contributed by atoms with van der Waals surface area (Å²) < 4.78 is 0. The van der Waals surface area contributed by atoms with Gasteiger partial charge in [-0.1, -0.05) is 12.2 Å². The molecule has 1 fully saturated rings. The second-order valence-electron chi connectivity index (χ2n) is 2.55. The van der Waals surface area contributed by atoms with Crippen LogP contribution >= 0.6 is 37.2 Å². The Morgan fingerprint density at radius 1 is 1.30 bits per heavy atom. The molecule has 0 saturated carbocycles. The molecular formula is C7H13I2N. The van der Waals surface area contributed by atoms with Gasteiger partial charge < -0.3 is 4.90 Å². The summed E-state index contributed by atoms with van der Waals surface area (Å²) in [4.78, 5) is 2.34. The van der Waals surface area contributed by atoms with Crippen molar-refractivity contribution in [2.24, 2.45) is 0 Å². The first-order valence-corrected chi connectivity index (χ1v) is 9.57. The van der Waals surface area contributed by atoms with Crippen LogP contribution in [0.1, 0.15) is 12.8 Å². The van der Waals surface area contributed by atoms with Crippen molar-refractivity contribution in [1.29, 1.82) is 0 Å². The Bertz CT molecular complexity index is 93.8. The second kappa shape index (κ2) is 6.84. The van der Waals surface area contributed by atoms with Gasteiger partial charge in [0.25, 0.3) is 0 Å². The van der Waals surface area contributed by atoms with E-state index in [-0.39, 0.29) is 0 Å². The van der Waals surface area contributed by atoms with Crippen molar-refractivity contribution >= 4 is 37.2 Å². The highest BCUT2D eigenvalue weighted by Gasteiger charge is 2.06. The molecule has 1 rings (SSSR count). The van der Waals surface area contributed by atoms with Crippen LogP contribution in [0.15, 0.2) is 12.2 Å². The molecule has 0 aromatic rings. The Morgan fingerprint density at radius 3 is 2.00 bits per heavy atom. The van der Waals surface area contributed by atoms with Crippen LogP contribution in [0.3, 0.4) is 0 Å². The summed E-state index contributed by atoms with van der Waals surface area (Å²) >= 11 is 4.24. The lowest BCUT2D eigenvalue weighted by atomic mass is 10.1. The number of hydrogen-bond donors (Lipinski definition) is 0. The van der Waals surface area contributed by atoms with Crippen LogP contribution in [0.4, 0.5) is 0 Å². The number of halogens is 2. The molecule has 0 amide bonds. The average molecular weight is 365 g/mol. The molecule has 0 unspecified atom stereocenters. The van der Waals surface area contributed by atoms with E-state index in [0.29, 0.717) is 0 Å². The third-order valence-electron chi connectivity index (χ3n) is 1.69. The minimum Gasteiger partial charge on any atom is -0.306 e. The first kappa shape index (κ1) is 11.2. The van der Waals surface area contributed by atoms with Crippen molar-refractivity contribution in [1.82, 2.24) is 4.90 Å². The van der Waals surface area contributed by atoms with Crippen LogP contribution in [0.25, 0.3) is 0 Å². The van der Waals surface area contributed by atoms with Crippen LogP contribution < -0.4 is 0 Å². The third kappa shape index (κ3) is 4.90. The zero-order valence-corrected chi connectivity index (χ0v) is 10.6. The highest BCUT2D eigenvalue weighted by Crippen LogP contribution is 2.10. The molecule has 0 spiro atoms. The molecule has 0 bridgehead atoms. The molecule has 10 heavy (non-hydrogen) atoms. The minimum absolute atomic E-state index is 1.20. The fraction of sp³-hybridized carbons (Fsp3) is 0.714. The normalized spacial score (nSPS) is 19.7. The van der Waals surface area contributed by atoms with Gasteiger partial charge in [-0.2, -0.15) is 0 Å². The van der Waals surface area contributed by atoms with Crippen molar-refractivity contribution in [3.63, 3.8) is 0 Å². The van der Waals surface area contributed by atoms with Crippen LogP contribution in [0, 0.1) is 0 Å². The number of piperidine rings is 1. The number of rotatable bonds is 0. The highest BCUT2D eigenvalue weighted by atomic mass is 128. The predicted octanol–water partition coefficient (Wildman–Crippen LogP) is 3.04. The van der Waals surface area contributed by atoms with E-state index in [0.717, 1.165) is 0 Å². The van der Waals surface area contributed by atoms with Gasteiger partial charge in [-0.15, -0.1) is 0 Å². The van der Waals surface area contributed by atoms with Gasteiger partial charge in [0.2, 0.25) is 0 Å². The van der Waals surface area contributed by atoms with E-state index >= 15 is 0 Å². The Hall–Kier alpha value is 1.16. The SMILES string of the molecule is C=C1CCN(C)CC1.II. The van der Waals surface area contributed by atoms with E-state index in [2.05, 4.69) is 55.8 Å². The van der Waals surface area contributed by atoms with Crippen LogP contribution in [0.2, 0.25) is 0 Å². The smallest absolute Gasteiger partial charge is 0.00156 e. The van der Waals surface area contributed by atoms with E-state index in [9.17, 15) is 0 Å².